The predicted octanol–water partition coefficient (Wildman–Crippen LogP) is 5.22. The summed E-state index contributed by atoms with van der Waals surface area (Å²) in [6.07, 6.45) is 3.89. The lowest BCUT2D eigenvalue weighted by atomic mass is 9.95. The van der Waals surface area contributed by atoms with Crippen molar-refractivity contribution in [3.8, 4) is 0 Å². The van der Waals surface area contributed by atoms with E-state index in [1.165, 1.54) is 0 Å². The minimum absolute atomic E-state index is 0.361. The van der Waals surface area contributed by atoms with Crippen LogP contribution in [0.1, 0.15) is 38.8 Å². The Labute approximate surface area is 149 Å². The van der Waals surface area contributed by atoms with Gasteiger partial charge in [-0.15, -0.1) is 0 Å². The molecule has 0 spiro atoms. The number of aromatic nitrogens is 4. The molecule has 2 N–H and O–H groups in total. The Bertz CT molecular complexity index is 1050. The van der Waals surface area contributed by atoms with Crippen LogP contribution in [0.4, 0.5) is 15.9 Å². The lowest BCUT2D eigenvalue weighted by molar-refractivity contribution is 0.161. The Hall–Kier alpha value is -2.96. The molecule has 134 valence electrons. The van der Waals surface area contributed by atoms with Gasteiger partial charge in [-0.05, 0) is 37.6 Å². The summed E-state index contributed by atoms with van der Waals surface area (Å²) >= 11 is 0. The molecule has 4 rings (SSSR count). The number of hydrogen-bond acceptors (Lipinski definition) is 5. The van der Waals surface area contributed by atoms with E-state index >= 15 is 0 Å². The highest BCUT2D eigenvalue weighted by molar-refractivity contribution is 5.89. The van der Waals surface area contributed by atoms with Crippen LogP contribution in [0.2, 0.25) is 0 Å². The van der Waals surface area contributed by atoms with Crippen molar-refractivity contribution < 1.29 is 8.91 Å². The molecule has 0 saturated carbocycles. The Morgan fingerprint density at radius 1 is 1.31 bits per heavy atom. The standard InChI is InChI=1S/C19H20FN5O/c1-3-4-9-19(2,20)17-13-8-7-12(11-15(13)26-25-17)22-18-16-14(23-24-18)6-5-10-21-16/h5-8,10-11H,3-4,9H2,1-2H3,(H2,22,23,24). The van der Waals surface area contributed by atoms with E-state index in [1.54, 1.807) is 19.2 Å². The zero-order valence-electron chi connectivity index (χ0n) is 14.7. The number of H-pyrrole nitrogens is 1. The number of hydrogen-bond donors (Lipinski definition) is 2. The molecule has 26 heavy (non-hydrogen) atoms. The third-order valence-electron chi connectivity index (χ3n) is 4.55. The van der Waals surface area contributed by atoms with Crippen molar-refractivity contribution in [2.24, 2.45) is 0 Å². The second-order valence-corrected chi connectivity index (χ2v) is 6.64. The van der Waals surface area contributed by atoms with Gasteiger partial charge >= 0.3 is 0 Å². The van der Waals surface area contributed by atoms with Crippen molar-refractivity contribution in [1.29, 1.82) is 0 Å². The number of unbranched alkanes of at least 4 members (excludes halogenated alkanes) is 1. The van der Waals surface area contributed by atoms with Gasteiger partial charge in [0.15, 0.2) is 17.1 Å². The lowest BCUT2D eigenvalue weighted by Gasteiger charge is -2.17. The number of anilines is 2. The number of nitrogens with one attached hydrogen (secondary N) is 2. The van der Waals surface area contributed by atoms with Crippen LogP contribution in [0.3, 0.4) is 0 Å². The van der Waals surface area contributed by atoms with Gasteiger partial charge in [0, 0.05) is 23.3 Å². The van der Waals surface area contributed by atoms with Gasteiger partial charge in [-0.25, -0.2) is 4.39 Å². The smallest absolute Gasteiger partial charge is 0.178 e. The number of halogens is 1. The quantitative estimate of drug-likeness (QED) is 0.497. The molecule has 6 nitrogen and oxygen atoms in total. The first-order valence-electron chi connectivity index (χ1n) is 8.73. The summed E-state index contributed by atoms with van der Waals surface area (Å²) < 4.78 is 20.4. The number of benzene rings is 1. The van der Waals surface area contributed by atoms with Crippen LogP contribution in [0.25, 0.3) is 22.0 Å². The zero-order chi connectivity index (χ0) is 18.1. The van der Waals surface area contributed by atoms with E-state index in [0.717, 1.165) is 29.6 Å². The van der Waals surface area contributed by atoms with Gasteiger partial charge in [-0.3, -0.25) is 10.1 Å². The van der Waals surface area contributed by atoms with Crippen LogP contribution in [0.15, 0.2) is 41.1 Å². The average molecular weight is 353 g/mol. The molecular formula is C19H20FN5O. The number of aromatic amines is 1. The van der Waals surface area contributed by atoms with Gasteiger partial charge in [0.25, 0.3) is 0 Å². The minimum Gasteiger partial charge on any atom is -0.356 e. The molecule has 3 heterocycles. The summed E-state index contributed by atoms with van der Waals surface area (Å²) in [5, 5.41) is 15.1. The average Bonchev–Trinajstić information content (AvgIpc) is 3.25. The molecule has 0 saturated heterocycles. The van der Waals surface area contributed by atoms with Gasteiger partial charge in [0.2, 0.25) is 0 Å². The molecule has 0 aliphatic carbocycles. The van der Waals surface area contributed by atoms with Crippen molar-refractivity contribution in [2.75, 3.05) is 5.32 Å². The monoisotopic (exact) mass is 353 g/mol. The van der Waals surface area contributed by atoms with Crippen molar-refractivity contribution in [3.05, 3.63) is 42.2 Å². The van der Waals surface area contributed by atoms with Crippen LogP contribution in [0, 0.1) is 0 Å². The second kappa shape index (κ2) is 6.40. The van der Waals surface area contributed by atoms with Crippen molar-refractivity contribution in [3.63, 3.8) is 0 Å². The largest absolute Gasteiger partial charge is 0.356 e. The van der Waals surface area contributed by atoms with E-state index in [0.29, 0.717) is 28.9 Å². The second-order valence-electron chi connectivity index (χ2n) is 6.64. The minimum atomic E-state index is -1.50. The van der Waals surface area contributed by atoms with Crippen molar-refractivity contribution >= 4 is 33.5 Å². The summed E-state index contributed by atoms with van der Waals surface area (Å²) in [6, 6.07) is 9.24. The maximum Gasteiger partial charge on any atom is 0.178 e. The number of fused-ring (bicyclic) bond motifs is 2. The number of alkyl halides is 1. The Morgan fingerprint density at radius 3 is 3.04 bits per heavy atom. The first-order chi connectivity index (χ1) is 12.6. The molecule has 0 amide bonds. The van der Waals surface area contributed by atoms with Gasteiger partial charge in [0.05, 0.1) is 5.52 Å². The van der Waals surface area contributed by atoms with Gasteiger partial charge < -0.3 is 9.84 Å². The third-order valence-corrected chi connectivity index (χ3v) is 4.55. The topological polar surface area (TPSA) is 79.6 Å². The fraction of sp³-hybridized carbons (Fsp3) is 0.316. The van der Waals surface area contributed by atoms with Crippen LogP contribution in [-0.2, 0) is 5.67 Å². The maximum atomic E-state index is 15.0. The van der Waals surface area contributed by atoms with Crippen LogP contribution >= 0.6 is 0 Å². The normalized spacial score (nSPS) is 14.0. The van der Waals surface area contributed by atoms with Crippen LogP contribution in [-0.4, -0.2) is 20.3 Å². The van der Waals surface area contributed by atoms with E-state index in [1.807, 2.05) is 31.2 Å². The highest BCUT2D eigenvalue weighted by atomic mass is 19.1. The fourth-order valence-corrected chi connectivity index (χ4v) is 3.10. The van der Waals surface area contributed by atoms with Crippen molar-refractivity contribution in [1.82, 2.24) is 20.3 Å². The molecule has 1 atom stereocenters. The molecule has 1 aromatic carbocycles. The Balaban J connectivity index is 1.65. The maximum absolute atomic E-state index is 15.0. The van der Waals surface area contributed by atoms with Crippen LogP contribution in [0.5, 0.6) is 0 Å². The third kappa shape index (κ3) is 2.89. The van der Waals surface area contributed by atoms with E-state index in [-0.39, 0.29) is 0 Å². The van der Waals surface area contributed by atoms with E-state index < -0.39 is 5.67 Å². The molecule has 0 fully saturated rings. The molecular weight excluding hydrogens is 333 g/mol. The van der Waals surface area contributed by atoms with E-state index in [4.69, 9.17) is 4.52 Å². The summed E-state index contributed by atoms with van der Waals surface area (Å²) in [5.41, 5.74) is 1.77. The van der Waals surface area contributed by atoms with Crippen LogP contribution < -0.4 is 5.32 Å². The van der Waals surface area contributed by atoms with Gasteiger partial charge in [-0.2, -0.15) is 5.10 Å². The predicted molar refractivity (Wildman–Crippen MR) is 99.2 cm³/mol. The first kappa shape index (κ1) is 16.5. The fourth-order valence-electron chi connectivity index (χ4n) is 3.10. The summed E-state index contributed by atoms with van der Waals surface area (Å²) in [5.74, 6) is 0.623. The van der Waals surface area contributed by atoms with E-state index in [2.05, 4.69) is 25.7 Å². The van der Waals surface area contributed by atoms with Crippen molar-refractivity contribution in [2.45, 2.75) is 38.8 Å². The number of rotatable bonds is 6. The summed E-state index contributed by atoms with van der Waals surface area (Å²) in [4.78, 5) is 4.32. The van der Waals surface area contributed by atoms with Gasteiger partial charge in [-0.1, -0.05) is 24.9 Å². The molecule has 4 aromatic rings. The zero-order valence-corrected chi connectivity index (χ0v) is 14.7. The molecule has 0 aliphatic rings. The Kier molecular flexibility index (Phi) is 4.06. The summed E-state index contributed by atoms with van der Waals surface area (Å²) in [7, 11) is 0. The Morgan fingerprint density at radius 2 is 2.19 bits per heavy atom. The highest BCUT2D eigenvalue weighted by Gasteiger charge is 2.31. The molecule has 0 aliphatic heterocycles. The van der Waals surface area contributed by atoms with E-state index in [9.17, 15) is 4.39 Å². The molecule has 1 unspecified atom stereocenters. The molecule has 0 radical (unpaired) electrons. The first-order valence-corrected chi connectivity index (χ1v) is 8.73. The SMILES string of the molecule is CCCCC(C)(F)c1noc2cc(Nc3n[nH]c4cccnc34)ccc12. The lowest BCUT2D eigenvalue weighted by Crippen LogP contribution is -2.15. The molecule has 3 aromatic heterocycles. The summed E-state index contributed by atoms with van der Waals surface area (Å²) in [6.45, 7) is 3.61. The molecule has 0 bridgehead atoms. The number of pyridine rings is 1. The highest BCUT2D eigenvalue weighted by Crippen LogP contribution is 2.36. The van der Waals surface area contributed by atoms with Gasteiger partial charge in [0.1, 0.15) is 11.2 Å². The number of nitrogens with zero attached hydrogens (tertiary/aromatic N) is 3. The molecule has 7 heteroatoms.